The number of nitrogens with zero attached hydrogens (tertiary/aromatic N) is 2. The molecule has 2 saturated heterocycles. The van der Waals surface area contributed by atoms with Crippen molar-refractivity contribution in [2.45, 2.75) is 76.8 Å². The number of carbonyl (C=O) groups excluding carboxylic acids is 1. The SMILES string of the molecule is CC(C)(C)c1cn(C[C@H]2CCCO2)/c(=N/C(=O)c2cc(C(F)(F)F)ccc2OC[C@@H]2CCCO2)s1. The first-order chi connectivity index (χ1) is 16.5. The van der Waals surface area contributed by atoms with Crippen LogP contribution in [0.1, 0.15) is 67.3 Å². The molecule has 192 valence electrons. The van der Waals surface area contributed by atoms with Crippen molar-refractivity contribution in [1.29, 1.82) is 0 Å². The summed E-state index contributed by atoms with van der Waals surface area (Å²) in [5.41, 5.74) is -1.31. The maximum atomic E-state index is 13.4. The van der Waals surface area contributed by atoms with Crippen molar-refractivity contribution in [1.82, 2.24) is 4.57 Å². The van der Waals surface area contributed by atoms with Gasteiger partial charge in [-0.15, -0.1) is 11.3 Å². The number of thiazole rings is 1. The first kappa shape index (κ1) is 25.9. The molecule has 0 saturated carbocycles. The minimum atomic E-state index is -4.59. The van der Waals surface area contributed by atoms with Crippen LogP contribution in [0.2, 0.25) is 0 Å². The molecule has 2 fully saturated rings. The van der Waals surface area contributed by atoms with Gasteiger partial charge in [-0.1, -0.05) is 20.8 Å². The Kier molecular flexibility index (Phi) is 7.73. The van der Waals surface area contributed by atoms with E-state index in [9.17, 15) is 18.0 Å². The van der Waals surface area contributed by atoms with Crippen molar-refractivity contribution in [3.05, 3.63) is 45.2 Å². The molecule has 1 amide bonds. The Morgan fingerprint density at radius 1 is 1.14 bits per heavy atom. The minimum absolute atomic E-state index is 0.0188. The zero-order chi connectivity index (χ0) is 25.2. The highest BCUT2D eigenvalue weighted by Gasteiger charge is 2.32. The summed E-state index contributed by atoms with van der Waals surface area (Å²) in [6.45, 7) is 8.20. The van der Waals surface area contributed by atoms with E-state index < -0.39 is 17.6 Å². The predicted octanol–water partition coefficient (Wildman–Crippen LogP) is 5.34. The molecule has 35 heavy (non-hydrogen) atoms. The number of amides is 1. The number of ether oxygens (including phenoxy) is 3. The van der Waals surface area contributed by atoms with Crippen molar-refractivity contribution < 1.29 is 32.2 Å². The number of aromatic nitrogens is 1. The standard InChI is InChI=1S/C25H31F3N2O4S/c1-24(2,3)21-14-30(13-17-6-4-10-32-17)23(35-21)29-22(31)19-12-16(25(26,27)28)8-9-20(19)34-15-18-7-5-11-33-18/h8-9,12,14,17-18H,4-7,10-11,13,15H2,1-3H3/b29-23-/t17-,18+/m1/s1. The van der Waals surface area contributed by atoms with Gasteiger partial charge in [0.25, 0.3) is 5.91 Å². The van der Waals surface area contributed by atoms with Crippen LogP contribution in [0.3, 0.4) is 0 Å². The minimum Gasteiger partial charge on any atom is -0.490 e. The summed E-state index contributed by atoms with van der Waals surface area (Å²) in [7, 11) is 0. The van der Waals surface area contributed by atoms with Gasteiger partial charge in [0.1, 0.15) is 12.4 Å². The van der Waals surface area contributed by atoms with Crippen LogP contribution in [0.4, 0.5) is 13.2 Å². The molecule has 0 N–H and O–H groups in total. The van der Waals surface area contributed by atoms with Gasteiger partial charge in [0.2, 0.25) is 0 Å². The Morgan fingerprint density at radius 3 is 2.43 bits per heavy atom. The number of hydrogen-bond acceptors (Lipinski definition) is 5. The summed E-state index contributed by atoms with van der Waals surface area (Å²) < 4.78 is 59.2. The molecule has 2 aliphatic rings. The second-order valence-corrected chi connectivity index (χ2v) is 11.0. The molecule has 0 radical (unpaired) electrons. The summed E-state index contributed by atoms with van der Waals surface area (Å²) in [6, 6.07) is 2.93. The Balaban J connectivity index is 1.69. The third kappa shape index (κ3) is 6.54. The van der Waals surface area contributed by atoms with Gasteiger partial charge in [-0.25, -0.2) is 0 Å². The number of hydrogen-bond donors (Lipinski definition) is 0. The van der Waals surface area contributed by atoms with Crippen molar-refractivity contribution in [3.63, 3.8) is 0 Å². The topological polar surface area (TPSA) is 62.1 Å². The number of halogens is 3. The van der Waals surface area contributed by atoms with Crippen LogP contribution in [-0.2, 0) is 27.6 Å². The van der Waals surface area contributed by atoms with Crippen molar-refractivity contribution >= 4 is 17.2 Å². The molecule has 3 heterocycles. The quantitative estimate of drug-likeness (QED) is 0.524. The second-order valence-electron chi connectivity index (χ2n) is 9.99. The zero-order valence-electron chi connectivity index (χ0n) is 20.2. The average molecular weight is 513 g/mol. The van der Waals surface area contributed by atoms with Gasteiger partial charge < -0.3 is 18.8 Å². The number of benzene rings is 1. The van der Waals surface area contributed by atoms with Gasteiger partial charge in [-0.05, 0) is 49.3 Å². The van der Waals surface area contributed by atoms with E-state index in [-0.39, 0.29) is 35.5 Å². The Hall–Kier alpha value is -2.17. The molecular formula is C25H31F3N2O4S. The van der Waals surface area contributed by atoms with E-state index in [4.69, 9.17) is 14.2 Å². The Morgan fingerprint density at radius 2 is 1.83 bits per heavy atom. The van der Waals surface area contributed by atoms with Gasteiger partial charge in [0.15, 0.2) is 4.80 Å². The molecular weight excluding hydrogens is 481 g/mol. The van der Waals surface area contributed by atoms with E-state index >= 15 is 0 Å². The van der Waals surface area contributed by atoms with E-state index in [2.05, 4.69) is 25.8 Å². The third-order valence-electron chi connectivity index (χ3n) is 6.07. The molecule has 4 rings (SSSR count). The predicted molar refractivity (Wildman–Crippen MR) is 126 cm³/mol. The fraction of sp³-hybridized carbons (Fsp3) is 0.600. The van der Waals surface area contributed by atoms with Crippen molar-refractivity contribution in [2.24, 2.45) is 4.99 Å². The number of rotatable bonds is 6. The normalized spacial score (nSPS) is 21.6. The molecule has 1 aromatic carbocycles. The summed E-state index contributed by atoms with van der Waals surface area (Å²) in [5.74, 6) is -0.706. The average Bonchev–Trinajstić information content (AvgIpc) is 3.54. The summed E-state index contributed by atoms with van der Waals surface area (Å²) >= 11 is 1.36. The number of alkyl halides is 3. The molecule has 2 atom stereocenters. The lowest BCUT2D eigenvalue weighted by Gasteiger charge is -2.15. The fourth-order valence-corrected chi connectivity index (χ4v) is 5.11. The summed E-state index contributed by atoms with van der Waals surface area (Å²) in [5, 5.41) is 0. The van der Waals surface area contributed by atoms with Gasteiger partial charge >= 0.3 is 6.18 Å². The number of carbonyl (C=O) groups is 1. The van der Waals surface area contributed by atoms with E-state index in [0.29, 0.717) is 24.6 Å². The first-order valence-electron chi connectivity index (χ1n) is 11.9. The van der Waals surface area contributed by atoms with Gasteiger partial charge in [-0.3, -0.25) is 4.79 Å². The molecule has 0 spiro atoms. The van der Waals surface area contributed by atoms with Crippen LogP contribution in [-0.4, -0.2) is 42.5 Å². The highest BCUT2D eigenvalue weighted by atomic mass is 32.1. The molecule has 0 bridgehead atoms. The van der Waals surface area contributed by atoms with Gasteiger partial charge in [0.05, 0.1) is 29.9 Å². The summed E-state index contributed by atoms with van der Waals surface area (Å²) in [6.07, 6.45) is 0.842. The molecule has 0 aliphatic carbocycles. The van der Waals surface area contributed by atoms with Crippen molar-refractivity contribution in [2.75, 3.05) is 19.8 Å². The van der Waals surface area contributed by atoms with Crippen LogP contribution in [0.15, 0.2) is 29.4 Å². The van der Waals surface area contributed by atoms with Crippen LogP contribution >= 0.6 is 11.3 Å². The molecule has 0 unspecified atom stereocenters. The molecule has 2 aliphatic heterocycles. The highest BCUT2D eigenvalue weighted by Crippen LogP contribution is 2.33. The lowest BCUT2D eigenvalue weighted by atomic mass is 9.95. The lowest BCUT2D eigenvalue weighted by Crippen LogP contribution is -2.24. The van der Waals surface area contributed by atoms with Gasteiger partial charge in [0, 0.05) is 24.3 Å². The highest BCUT2D eigenvalue weighted by molar-refractivity contribution is 7.09. The van der Waals surface area contributed by atoms with Crippen LogP contribution in [0.25, 0.3) is 0 Å². The van der Waals surface area contributed by atoms with Crippen LogP contribution in [0.5, 0.6) is 5.75 Å². The lowest BCUT2D eigenvalue weighted by molar-refractivity contribution is -0.137. The summed E-state index contributed by atoms with van der Waals surface area (Å²) in [4.78, 5) is 19.0. The maximum Gasteiger partial charge on any atom is 0.416 e. The molecule has 6 nitrogen and oxygen atoms in total. The van der Waals surface area contributed by atoms with E-state index in [1.165, 1.54) is 17.4 Å². The fourth-order valence-electron chi connectivity index (χ4n) is 4.06. The Labute approximate surface area is 206 Å². The van der Waals surface area contributed by atoms with E-state index in [0.717, 1.165) is 42.7 Å². The van der Waals surface area contributed by atoms with Gasteiger partial charge in [-0.2, -0.15) is 18.2 Å². The largest absolute Gasteiger partial charge is 0.490 e. The maximum absolute atomic E-state index is 13.4. The molecule has 10 heteroatoms. The first-order valence-corrected chi connectivity index (χ1v) is 12.7. The second kappa shape index (κ2) is 10.4. The zero-order valence-corrected chi connectivity index (χ0v) is 21.0. The molecule has 2 aromatic rings. The Bertz CT molecular complexity index is 1110. The third-order valence-corrected chi connectivity index (χ3v) is 7.51. The molecule has 1 aromatic heterocycles. The monoisotopic (exact) mass is 512 g/mol. The van der Waals surface area contributed by atoms with Crippen LogP contribution in [0, 0.1) is 0 Å². The van der Waals surface area contributed by atoms with E-state index in [1.54, 1.807) is 0 Å². The van der Waals surface area contributed by atoms with E-state index in [1.807, 2.05) is 10.8 Å². The van der Waals surface area contributed by atoms with Crippen LogP contribution < -0.4 is 9.54 Å². The van der Waals surface area contributed by atoms with Crippen molar-refractivity contribution in [3.8, 4) is 5.75 Å². The smallest absolute Gasteiger partial charge is 0.416 e.